The van der Waals surface area contributed by atoms with Crippen molar-refractivity contribution in [1.29, 1.82) is 0 Å². The number of ether oxygens (including phenoxy) is 1. The lowest BCUT2D eigenvalue weighted by atomic mass is 9.93. The topological polar surface area (TPSA) is 38.2 Å². The van der Waals surface area contributed by atoms with Crippen LogP contribution in [-0.2, 0) is 4.74 Å². The Morgan fingerprint density at radius 3 is 2.74 bits per heavy atom. The van der Waals surface area contributed by atoms with Crippen molar-refractivity contribution in [2.24, 2.45) is 0 Å². The lowest BCUT2D eigenvalue weighted by Crippen LogP contribution is -2.45. The molecule has 0 radical (unpaired) electrons. The van der Waals surface area contributed by atoms with Crippen molar-refractivity contribution in [3.8, 4) is 0 Å². The fraction of sp³-hybridized carbons (Fsp3) is 0.733. The second kappa shape index (κ2) is 5.97. The number of morpholine rings is 1. The van der Waals surface area contributed by atoms with E-state index in [9.17, 15) is 0 Å². The van der Waals surface area contributed by atoms with Crippen LogP contribution in [0.15, 0.2) is 12.4 Å². The van der Waals surface area contributed by atoms with E-state index in [0.29, 0.717) is 0 Å². The summed E-state index contributed by atoms with van der Waals surface area (Å²) in [7, 11) is 0. The molecular weight excluding hydrogens is 238 g/mol. The molecule has 3 rings (SSSR count). The number of aromatic nitrogens is 2. The van der Waals surface area contributed by atoms with Crippen molar-refractivity contribution in [2.45, 2.75) is 51.2 Å². The van der Waals surface area contributed by atoms with E-state index in [2.05, 4.69) is 14.9 Å². The molecule has 0 bridgehead atoms. The summed E-state index contributed by atoms with van der Waals surface area (Å²) in [5.41, 5.74) is 1.94. The monoisotopic (exact) mass is 261 g/mol. The molecule has 0 amide bonds. The summed E-state index contributed by atoms with van der Waals surface area (Å²) < 4.78 is 5.88. The lowest BCUT2D eigenvalue weighted by Gasteiger charge is -2.39. The van der Waals surface area contributed by atoms with E-state index in [1.165, 1.54) is 32.1 Å². The van der Waals surface area contributed by atoms with Crippen LogP contribution in [-0.4, -0.2) is 40.6 Å². The largest absolute Gasteiger partial charge is 0.369 e. The fourth-order valence-corrected chi connectivity index (χ4v) is 3.19. The third kappa shape index (κ3) is 3.12. The van der Waals surface area contributed by atoms with Gasteiger partial charge in [0.15, 0.2) is 0 Å². The Balaban J connectivity index is 1.65. The number of aryl methyl sites for hydroxylation is 1. The van der Waals surface area contributed by atoms with Crippen molar-refractivity contribution in [1.82, 2.24) is 14.9 Å². The highest BCUT2D eigenvalue weighted by molar-refractivity contribution is 5.05. The predicted molar refractivity (Wildman–Crippen MR) is 73.9 cm³/mol. The van der Waals surface area contributed by atoms with Crippen LogP contribution in [0.1, 0.15) is 49.6 Å². The smallest absolute Gasteiger partial charge is 0.114 e. The second-order valence-corrected chi connectivity index (χ2v) is 5.73. The minimum Gasteiger partial charge on any atom is -0.369 e. The molecule has 0 aromatic carbocycles. The van der Waals surface area contributed by atoms with E-state index < -0.39 is 0 Å². The fourth-order valence-electron chi connectivity index (χ4n) is 3.19. The summed E-state index contributed by atoms with van der Waals surface area (Å²) in [5, 5.41) is 0. The molecule has 19 heavy (non-hydrogen) atoms. The summed E-state index contributed by atoms with van der Waals surface area (Å²) in [6, 6.07) is 0.763. The highest BCUT2D eigenvalue weighted by Gasteiger charge is 2.28. The third-order valence-electron chi connectivity index (χ3n) is 4.32. The molecule has 4 nitrogen and oxygen atoms in total. The Morgan fingerprint density at radius 2 is 2.00 bits per heavy atom. The van der Waals surface area contributed by atoms with Gasteiger partial charge in [0.1, 0.15) is 6.10 Å². The van der Waals surface area contributed by atoms with Crippen molar-refractivity contribution in [3.05, 3.63) is 23.8 Å². The van der Waals surface area contributed by atoms with Crippen LogP contribution in [0.4, 0.5) is 0 Å². The summed E-state index contributed by atoms with van der Waals surface area (Å²) in [5.74, 6) is 0. The molecule has 1 aliphatic heterocycles. The Morgan fingerprint density at radius 1 is 1.16 bits per heavy atom. The van der Waals surface area contributed by atoms with E-state index in [1.807, 2.05) is 19.3 Å². The minimum atomic E-state index is 0.101. The van der Waals surface area contributed by atoms with Gasteiger partial charge in [0, 0.05) is 25.3 Å². The van der Waals surface area contributed by atoms with Gasteiger partial charge in [0.05, 0.1) is 24.2 Å². The van der Waals surface area contributed by atoms with Crippen molar-refractivity contribution in [3.63, 3.8) is 0 Å². The predicted octanol–water partition coefficient (Wildman–Crippen LogP) is 2.49. The molecule has 1 atom stereocenters. The second-order valence-electron chi connectivity index (χ2n) is 5.73. The van der Waals surface area contributed by atoms with Crippen LogP contribution < -0.4 is 0 Å². The standard InChI is InChI=1S/C15H23N3O/c1-12-9-17-14(10-16-12)15-11-18(7-8-19-15)13-5-3-2-4-6-13/h9-10,13,15H,2-8,11H2,1H3/t15-/m0/s1. The van der Waals surface area contributed by atoms with Gasteiger partial charge < -0.3 is 4.74 Å². The molecule has 2 fully saturated rings. The first-order valence-corrected chi connectivity index (χ1v) is 7.47. The molecule has 4 heteroatoms. The maximum absolute atomic E-state index is 5.88. The number of hydrogen-bond donors (Lipinski definition) is 0. The summed E-state index contributed by atoms with van der Waals surface area (Å²) in [4.78, 5) is 11.4. The molecule has 1 saturated heterocycles. The molecule has 1 aliphatic carbocycles. The Kier molecular flexibility index (Phi) is 4.09. The first-order valence-electron chi connectivity index (χ1n) is 7.47. The number of rotatable bonds is 2. The van der Waals surface area contributed by atoms with Gasteiger partial charge >= 0.3 is 0 Å². The van der Waals surface area contributed by atoms with Gasteiger partial charge in [0.25, 0.3) is 0 Å². The van der Waals surface area contributed by atoms with Crippen LogP contribution >= 0.6 is 0 Å². The maximum atomic E-state index is 5.88. The van der Waals surface area contributed by atoms with E-state index in [0.717, 1.165) is 37.1 Å². The Hall–Kier alpha value is -1.00. The lowest BCUT2D eigenvalue weighted by molar-refractivity contribution is -0.0518. The van der Waals surface area contributed by atoms with Crippen molar-refractivity contribution < 1.29 is 4.74 Å². The zero-order valence-electron chi connectivity index (χ0n) is 11.7. The molecular formula is C15H23N3O. The molecule has 2 aliphatic rings. The average molecular weight is 261 g/mol. The molecule has 0 N–H and O–H groups in total. The van der Waals surface area contributed by atoms with Crippen LogP contribution in [0.5, 0.6) is 0 Å². The number of hydrogen-bond acceptors (Lipinski definition) is 4. The van der Waals surface area contributed by atoms with Gasteiger partial charge in [-0.2, -0.15) is 0 Å². The molecule has 1 aromatic rings. The quantitative estimate of drug-likeness (QED) is 0.820. The van der Waals surface area contributed by atoms with Gasteiger partial charge in [-0.15, -0.1) is 0 Å². The van der Waals surface area contributed by atoms with Gasteiger partial charge in [-0.25, -0.2) is 0 Å². The highest BCUT2D eigenvalue weighted by atomic mass is 16.5. The molecule has 0 spiro atoms. The van der Waals surface area contributed by atoms with Gasteiger partial charge in [-0.3, -0.25) is 14.9 Å². The average Bonchev–Trinajstić information content (AvgIpc) is 2.49. The molecule has 0 unspecified atom stereocenters. The highest BCUT2D eigenvalue weighted by Crippen LogP contribution is 2.27. The SMILES string of the molecule is Cc1cnc([C@@H]2CN(C3CCCCC3)CCO2)cn1. The molecule has 2 heterocycles. The van der Waals surface area contributed by atoms with E-state index in [1.54, 1.807) is 0 Å². The van der Waals surface area contributed by atoms with E-state index in [4.69, 9.17) is 4.74 Å². The van der Waals surface area contributed by atoms with Gasteiger partial charge in [-0.1, -0.05) is 19.3 Å². The van der Waals surface area contributed by atoms with Crippen LogP contribution in [0.3, 0.4) is 0 Å². The summed E-state index contributed by atoms with van der Waals surface area (Å²) >= 11 is 0. The first kappa shape index (κ1) is 13.0. The molecule has 104 valence electrons. The van der Waals surface area contributed by atoms with Crippen LogP contribution in [0.25, 0.3) is 0 Å². The third-order valence-corrected chi connectivity index (χ3v) is 4.32. The molecule has 1 aromatic heterocycles. The zero-order chi connectivity index (χ0) is 13.1. The van der Waals surface area contributed by atoms with Crippen molar-refractivity contribution >= 4 is 0 Å². The van der Waals surface area contributed by atoms with Gasteiger partial charge in [0.2, 0.25) is 0 Å². The summed E-state index contributed by atoms with van der Waals surface area (Å²) in [6.07, 6.45) is 10.7. The first-order chi connectivity index (χ1) is 9.33. The normalized spacial score (nSPS) is 26.5. The Bertz CT molecular complexity index is 400. The van der Waals surface area contributed by atoms with Gasteiger partial charge in [-0.05, 0) is 19.8 Å². The number of nitrogens with zero attached hydrogens (tertiary/aromatic N) is 3. The zero-order valence-corrected chi connectivity index (χ0v) is 11.7. The van der Waals surface area contributed by atoms with E-state index in [-0.39, 0.29) is 6.10 Å². The Labute approximate surface area is 115 Å². The molecule has 1 saturated carbocycles. The maximum Gasteiger partial charge on any atom is 0.114 e. The van der Waals surface area contributed by atoms with Crippen LogP contribution in [0, 0.1) is 6.92 Å². The van der Waals surface area contributed by atoms with Crippen LogP contribution in [0.2, 0.25) is 0 Å². The summed E-state index contributed by atoms with van der Waals surface area (Å²) in [6.45, 7) is 4.83. The van der Waals surface area contributed by atoms with E-state index >= 15 is 0 Å². The van der Waals surface area contributed by atoms with Crippen molar-refractivity contribution in [2.75, 3.05) is 19.7 Å². The minimum absolute atomic E-state index is 0.101.